The van der Waals surface area contributed by atoms with Crippen molar-refractivity contribution in [2.45, 2.75) is 25.4 Å². The summed E-state index contributed by atoms with van der Waals surface area (Å²) < 4.78 is 6.01. The summed E-state index contributed by atoms with van der Waals surface area (Å²) in [7, 11) is 0. The number of aliphatic carboxylic acids is 4. The minimum absolute atomic E-state index is 0.282. The van der Waals surface area contributed by atoms with Crippen molar-refractivity contribution in [2.24, 2.45) is 0 Å². The van der Waals surface area contributed by atoms with Crippen LogP contribution in [0.25, 0.3) is 0 Å². The van der Waals surface area contributed by atoms with Crippen molar-refractivity contribution in [1.82, 2.24) is 15.3 Å². The lowest BCUT2D eigenvalue weighted by atomic mass is 10.0. The Morgan fingerprint density at radius 1 is 0.941 bits per heavy atom. The number of carboxylic acids is 4. The fourth-order valence-electron chi connectivity index (χ4n) is 2.61. The molecule has 184 valence electrons. The minimum Gasteiger partial charge on any atom is -0.489 e. The average Bonchev–Trinajstić information content (AvgIpc) is 2.82. The fourth-order valence-corrected chi connectivity index (χ4v) is 2.61. The SMILES string of the molecule is O=C(O)C(=O)O.O=C(O)C(=O)O.c1ccc2c(c1)CCC(CNCCCNc1ccncn1)O2. The lowest BCUT2D eigenvalue weighted by Gasteiger charge is -2.26. The van der Waals surface area contributed by atoms with Crippen LogP contribution >= 0.6 is 0 Å². The Hall–Kier alpha value is -4.26. The Morgan fingerprint density at radius 2 is 1.59 bits per heavy atom. The molecule has 0 saturated heterocycles. The molecule has 13 nitrogen and oxygen atoms in total. The van der Waals surface area contributed by atoms with E-state index in [1.807, 2.05) is 12.1 Å². The molecule has 1 unspecified atom stereocenters. The van der Waals surface area contributed by atoms with Gasteiger partial charge in [0.2, 0.25) is 0 Å². The molecular weight excluding hydrogens is 452 g/mol. The highest BCUT2D eigenvalue weighted by molar-refractivity contribution is 6.27. The summed E-state index contributed by atoms with van der Waals surface area (Å²) in [6.07, 6.45) is 6.82. The van der Waals surface area contributed by atoms with Crippen LogP contribution in [0.15, 0.2) is 42.9 Å². The standard InChI is InChI=1S/C17H22N4O.2C2H2O4/c1-2-5-16-14(4-1)6-7-15(22-16)12-18-9-3-10-20-17-8-11-19-13-21-17;2*3-1(4)2(5)6/h1-2,4-5,8,11,13,15,18H,3,6-7,9-10,12H2,(H,19,20,21);2*(H,3,4)(H,5,6). The summed E-state index contributed by atoms with van der Waals surface area (Å²) >= 11 is 0. The molecule has 0 amide bonds. The van der Waals surface area contributed by atoms with E-state index in [4.69, 9.17) is 44.3 Å². The first-order valence-corrected chi connectivity index (χ1v) is 10.1. The average molecular weight is 478 g/mol. The number of aromatic nitrogens is 2. The first kappa shape index (κ1) is 27.8. The first-order chi connectivity index (χ1) is 16.2. The topological polar surface area (TPSA) is 208 Å². The largest absolute Gasteiger partial charge is 0.489 e. The van der Waals surface area contributed by atoms with Gasteiger partial charge in [0.05, 0.1) is 0 Å². The van der Waals surface area contributed by atoms with Crippen LogP contribution in [0.3, 0.4) is 0 Å². The lowest BCUT2D eigenvalue weighted by molar-refractivity contribution is -0.159. The smallest absolute Gasteiger partial charge is 0.414 e. The van der Waals surface area contributed by atoms with E-state index < -0.39 is 23.9 Å². The molecular formula is C21H26N4O9. The number of benzene rings is 1. The molecule has 1 aliphatic heterocycles. The Labute approximate surface area is 194 Å². The number of anilines is 1. The van der Waals surface area contributed by atoms with Gasteiger partial charge >= 0.3 is 23.9 Å². The quantitative estimate of drug-likeness (QED) is 0.238. The number of rotatable bonds is 7. The number of fused-ring (bicyclic) bond motifs is 1. The predicted molar refractivity (Wildman–Crippen MR) is 118 cm³/mol. The third kappa shape index (κ3) is 12.0. The number of aryl methyl sites for hydroxylation is 1. The van der Waals surface area contributed by atoms with Crippen LogP contribution in [0.4, 0.5) is 5.82 Å². The molecule has 34 heavy (non-hydrogen) atoms. The Kier molecular flexibility index (Phi) is 12.7. The molecule has 0 saturated carbocycles. The maximum atomic E-state index is 9.10. The maximum Gasteiger partial charge on any atom is 0.414 e. The van der Waals surface area contributed by atoms with Gasteiger partial charge in [0.15, 0.2) is 0 Å². The molecule has 2 aromatic rings. The van der Waals surface area contributed by atoms with Crippen molar-refractivity contribution in [3.05, 3.63) is 48.4 Å². The molecule has 0 fully saturated rings. The molecule has 1 aromatic heterocycles. The van der Waals surface area contributed by atoms with Gasteiger partial charge < -0.3 is 35.8 Å². The van der Waals surface area contributed by atoms with Crippen LogP contribution in [-0.4, -0.2) is 80.0 Å². The molecule has 13 heteroatoms. The number of nitrogens with zero attached hydrogens (tertiary/aromatic N) is 2. The summed E-state index contributed by atoms with van der Waals surface area (Å²) in [6.45, 7) is 2.78. The third-order valence-corrected chi connectivity index (χ3v) is 4.16. The summed E-state index contributed by atoms with van der Waals surface area (Å²) in [4.78, 5) is 44.4. The number of nitrogens with one attached hydrogen (secondary N) is 2. The second-order valence-electron chi connectivity index (χ2n) is 6.69. The van der Waals surface area contributed by atoms with Gasteiger partial charge in [0, 0.05) is 19.3 Å². The lowest BCUT2D eigenvalue weighted by Crippen LogP contribution is -2.35. The monoisotopic (exact) mass is 478 g/mol. The first-order valence-electron chi connectivity index (χ1n) is 10.1. The maximum absolute atomic E-state index is 9.10. The van der Waals surface area contributed by atoms with Crippen molar-refractivity contribution in [3.8, 4) is 5.75 Å². The van der Waals surface area contributed by atoms with E-state index in [1.165, 1.54) is 5.56 Å². The van der Waals surface area contributed by atoms with Crippen LogP contribution in [-0.2, 0) is 25.6 Å². The highest BCUT2D eigenvalue weighted by Crippen LogP contribution is 2.26. The third-order valence-electron chi connectivity index (χ3n) is 4.16. The zero-order valence-electron chi connectivity index (χ0n) is 18.1. The summed E-state index contributed by atoms with van der Waals surface area (Å²) in [5.74, 6) is -5.37. The van der Waals surface area contributed by atoms with E-state index in [0.717, 1.165) is 50.5 Å². The fraction of sp³-hybridized carbons (Fsp3) is 0.333. The summed E-state index contributed by atoms with van der Waals surface area (Å²) in [5.41, 5.74) is 1.33. The van der Waals surface area contributed by atoms with E-state index in [-0.39, 0.29) is 6.10 Å². The zero-order chi connectivity index (χ0) is 25.3. The number of carbonyl (C=O) groups is 4. The molecule has 0 aliphatic carbocycles. The molecule has 1 atom stereocenters. The van der Waals surface area contributed by atoms with Crippen LogP contribution in [0.5, 0.6) is 5.75 Å². The number of hydrogen-bond donors (Lipinski definition) is 6. The summed E-state index contributed by atoms with van der Waals surface area (Å²) in [6, 6.07) is 10.2. The Bertz CT molecular complexity index is 893. The van der Waals surface area contributed by atoms with Crippen molar-refractivity contribution < 1.29 is 44.3 Å². The normalized spacial score (nSPS) is 13.4. The molecule has 0 bridgehead atoms. The Morgan fingerprint density at radius 3 is 2.18 bits per heavy atom. The number of ether oxygens (including phenoxy) is 1. The van der Waals surface area contributed by atoms with Gasteiger partial charge in [0.25, 0.3) is 0 Å². The highest BCUT2D eigenvalue weighted by Gasteiger charge is 2.18. The number of hydrogen-bond acceptors (Lipinski definition) is 9. The van der Waals surface area contributed by atoms with Gasteiger partial charge in [0.1, 0.15) is 24.0 Å². The van der Waals surface area contributed by atoms with Gasteiger partial charge in [-0.15, -0.1) is 0 Å². The van der Waals surface area contributed by atoms with Crippen molar-refractivity contribution in [3.63, 3.8) is 0 Å². The molecule has 2 heterocycles. The van der Waals surface area contributed by atoms with Crippen molar-refractivity contribution in [1.29, 1.82) is 0 Å². The van der Waals surface area contributed by atoms with Gasteiger partial charge in [-0.3, -0.25) is 0 Å². The van der Waals surface area contributed by atoms with E-state index >= 15 is 0 Å². The van der Waals surface area contributed by atoms with Gasteiger partial charge in [-0.25, -0.2) is 29.1 Å². The molecule has 3 rings (SSSR count). The van der Waals surface area contributed by atoms with E-state index in [1.54, 1.807) is 12.5 Å². The van der Waals surface area contributed by atoms with E-state index in [9.17, 15) is 0 Å². The van der Waals surface area contributed by atoms with E-state index in [2.05, 4.69) is 38.8 Å². The summed E-state index contributed by atoms with van der Waals surface area (Å²) in [5, 5.41) is 36.3. The van der Waals surface area contributed by atoms with Crippen LogP contribution in [0.2, 0.25) is 0 Å². The van der Waals surface area contributed by atoms with Gasteiger partial charge in [-0.1, -0.05) is 18.2 Å². The molecule has 0 spiro atoms. The number of carboxylic acid groups (broad SMARTS) is 4. The molecule has 6 N–H and O–H groups in total. The van der Waals surface area contributed by atoms with Gasteiger partial charge in [-0.2, -0.15) is 0 Å². The second-order valence-corrected chi connectivity index (χ2v) is 6.69. The van der Waals surface area contributed by atoms with Crippen LogP contribution in [0, 0.1) is 0 Å². The van der Waals surface area contributed by atoms with Crippen molar-refractivity contribution in [2.75, 3.05) is 25.0 Å². The molecule has 1 aliphatic rings. The molecule has 0 radical (unpaired) electrons. The van der Waals surface area contributed by atoms with Crippen LogP contribution in [0.1, 0.15) is 18.4 Å². The second kappa shape index (κ2) is 15.5. The number of para-hydroxylation sites is 1. The highest BCUT2D eigenvalue weighted by atomic mass is 16.5. The van der Waals surface area contributed by atoms with Crippen molar-refractivity contribution >= 4 is 29.7 Å². The van der Waals surface area contributed by atoms with E-state index in [0.29, 0.717) is 0 Å². The van der Waals surface area contributed by atoms with Crippen LogP contribution < -0.4 is 15.4 Å². The Balaban J connectivity index is 0.000000401. The minimum atomic E-state index is -1.82. The zero-order valence-corrected chi connectivity index (χ0v) is 18.1. The van der Waals surface area contributed by atoms with Gasteiger partial charge in [-0.05, 0) is 43.5 Å². The predicted octanol–water partition coefficient (Wildman–Crippen LogP) is 0.573. The molecule has 1 aromatic carbocycles.